The molecule has 86 valence electrons. The Bertz CT molecular complexity index is 430. The highest BCUT2D eigenvalue weighted by Crippen LogP contribution is 2.37. The summed E-state index contributed by atoms with van der Waals surface area (Å²) in [4.78, 5) is 19.5. The Hall–Kier alpha value is -1.10. The summed E-state index contributed by atoms with van der Waals surface area (Å²) < 4.78 is 0. The van der Waals surface area contributed by atoms with E-state index >= 15 is 0 Å². The minimum Gasteiger partial charge on any atom is -0.478 e. The molecule has 1 aromatic rings. The van der Waals surface area contributed by atoms with Crippen LogP contribution >= 0.6 is 11.8 Å². The summed E-state index contributed by atoms with van der Waals surface area (Å²) in [7, 11) is 0. The third-order valence-electron chi connectivity index (χ3n) is 2.71. The molecule has 0 spiro atoms. The van der Waals surface area contributed by atoms with Crippen LogP contribution in [0.25, 0.3) is 0 Å². The van der Waals surface area contributed by atoms with Crippen molar-refractivity contribution in [2.75, 3.05) is 0 Å². The van der Waals surface area contributed by atoms with Crippen LogP contribution in [0.4, 0.5) is 0 Å². The van der Waals surface area contributed by atoms with E-state index in [-0.39, 0.29) is 5.56 Å². The number of nitrogens with zero attached hydrogens (tertiary/aromatic N) is 2. The first-order valence-corrected chi connectivity index (χ1v) is 6.21. The first-order valence-electron chi connectivity index (χ1n) is 5.33. The lowest BCUT2D eigenvalue weighted by atomic mass is 10.0. The van der Waals surface area contributed by atoms with Crippen molar-refractivity contribution in [1.82, 2.24) is 9.97 Å². The molecular formula is C11H14N2O2S. The van der Waals surface area contributed by atoms with Gasteiger partial charge in [0.25, 0.3) is 0 Å². The fourth-order valence-electron chi connectivity index (χ4n) is 1.66. The highest BCUT2D eigenvalue weighted by atomic mass is 32.2. The molecule has 0 aromatic carbocycles. The predicted octanol–water partition coefficient (Wildman–Crippen LogP) is 2.44. The molecule has 1 saturated carbocycles. The molecule has 0 bridgehead atoms. The largest absolute Gasteiger partial charge is 0.478 e. The van der Waals surface area contributed by atoms with Crippen LogP contribution in [0.1, 0.15) is 41.1 Å². The third-order valence-corrected chi connectivity index (χ3v) is 4.04. The minimum atomic E-state index is -0.931. The van der Waals surface area contributed by atoms with Crippen molar-refractivity contribution in [3.05, 3.63) is 17.1 Å². The second-order valence-electron chi connectivity index (χ2n) is 4.01. The van der Waals surface area contributed by atoms with E-state index in [9.17, 15) is 4.79 Å². The summed E-state index contributed by atoms with van der Waals surface area (Å²) in [5.74, 6) is -0.288. The van der Waals surface area contributed by atoms with Gasteiger partial charge in [-0.05, 0) is 26.7 Å². The minimum absolute atomic E-state index is 0.266. The van der Waals surface area contributed by atoms with Gasteiger partial charge in [0.1, 0.15) is 16.4 Å². The molecule has 0 atom stereocenters. The molecule has 0 unspecified atom stereocenters. The number of carboxylic acid groups (broad SMARTS) is 1. The number of aryl methyl sites for hydroxylation is 2. The van der Waals surface area contributed by atoms with Crippen molar-refractivity contribution < 1.29 is 9.90 Å². The molecule has 0 amide bonds. The molecule has 0 saturated heterocycles. The molecule has 0 aliphatic heterocycles. The van der Waals surface area contributed by atoms with E-state index in [1.807, 2.05) is 0 Å². The fourth-order valence-corrected chi connectivity index (χ4v) is 3.08. The number of carbonyl (C=O) groups is 1. The summed E-state index contributed by atoms with van der Waals surface area (Å²) in [6.07, 6.45) is 3.56. The van der Waals surface area contributed by atoms with E-state index in [1.165, 1.54) is 6.42 Å². The smallest absolute Gasteiger partial charge is 0.340 e. The van der Waals surface area contributed by atoms with Crippen molar-refractivity contribution >= 4 is 17.7 Å². The molecule has 1 aliphatic rings. The van der Waals surface area contributed by atoms with E-state index in [1.54, 1.807) is 25.6 Å². The maximum atomic E-state index is 11.1. The number of thioether (sulfide) groups is 1. The number of aromatic nitrogens is 2. The van der Waals surface area contributed by atoms with Gasteiger partial charge >= 0.3 is 5.97 Å². The predicted molar refractivity (Wildman–Crippen MR) is 62.0 cm³/mol. The van der Waals surface area contributed by atoms with Crippen LogP contribution in [0.5, 0.6) is 0 Å². The normalized spacial score (nSPS) is 15.9. The molecule has 1 N–H and O–H groups in total. The molecule has 1 aromatic heterocycles. The monoisotopic (exact) mass is 238 g/mol. The van der Waals surface area contributed by atoms with E-state index in [0.29, 0.717) is 21.8 Å². The lowest BCUT2D eigenvalue weighted by Gasteiger charge is -2.24. The van der Waals surface area contributed by atoms with E-state index in [0.717, 1.165) is 12.8 Å². The molecule has 5 heteroatoms. The molecule has 16 heavy (non-hydrogen) atoms. The van der Waals surface area contributed by atoms with Crippen LogP contribution in [0.3, 0.4) is 0 Å². The van der Waals surface area contributed by atoms with Crippen LogP contribution < -0.4 is 0 Å². The van der Waals surface area contributed by atoms with E-state index in [4.69, 9.17) is 5.11 Å². The lowest BCUT2D eigenvalue weighted by Crippen LogP contribution is -2.16. The quantitative estimate of drug-likeness (QED) is 0.819. The number of hydrogen-bond donors (Lipinski definition) is 1. The summed E-state index contributed by atoms with van der Waals surface area (Å²) in [6.45, 7) is 3.52. The maximum Gasteiger partial charge on any atom is 0.340 e. The summed E-state index contributed by atoms with van der Waals surface area (Å²) >= 11 is 1.58. The second kappa shape index (κ2) is 4.41. The molecule has 4 nitrogen and oxygen atoms in total. The van der Waals surface area contributed by atoms with Gasteiger partial charge in [-0.3, -0.25) is 0 Å². The highest BCUT2D eigenvalue weighted by molar-refractivity contribution is 8.00. The molecule has 1 fully saturated rings. The van der Waals surface area contributed by atoms with E-state index in [2.05, 4.69) is 9.97 Å². The van der Waals surface area contributed by atoms with Gasteiger partial charge < -0.3 is 5.11 Å². The van der Waals surface area contributed by atoms with Crippen LogP contribution in [0.2, 0.25) is 0 Å². The standard InChI is InChI=1S/C11H14N2O2S/c1-6-9(11(14)15)10(13-7(2)12-6)16-8-4-3-5-8/h8H,3-5H2,1-2H3,(H,14,15). The average Bonchev–Trinajstić information content (AvgIpc) is 2.09. The fraction of sp³-hybridized carbons (Fsp3) is 0.545. The zero-order valence-corrected chi connectivity index (χ0v) is 10.2. The Labute approximate surface area is 98.5 Å². The Morgan fingerprint density at radius 1 is 1.38 bits per heavy atom. The topological polar surface area (TPSA) is 63.1 Å². The van der Waals surface area contributed by atoms with Crippen molar-refractivity contribution in [1.29, 1.82) is 0 Å². The van der Waals surface area contributed by atoms with Crippen molar-refractivity contribution in [2.45, 2.75) is 43.4 Å². The van der Waals surface area contributed by atoms with Crippen molar-refractivity contribution in [3.63, 3.8) is 0 Å². The molecular weight excluding hydrogens is 224 g/mol. The van der Waals surface area contributed by atoms with Crippen LogP contribution in [-0.2, 0) is 0 Å². The Morgan fingerprint density at radius 3 is 2.56 bits per heavy atom. The van der Waals surface area contributed by atoms with Gasteiger partial charge in [-0.25, -0.2) is 14.8 Å². The maximum absolute atomic E-state index is 11.1. The zero-order chi connectivity index (χ0) is 11.7. The van der Waals surface area contributed by atoms with E-state index < -0.39 is 5.97 Å². The number of rotatable bonds is 3. The van der Waals surface area contributed by atoms with Gasteiger partial charge in [-0.1, -0.05) is 6.42 Å². The van der Waals surface area contributed by atoms with Crippen molar-refractivity contribution in [3.8, 4) is 0 Å². The van der Waals surface area contributed by atoms with Gasteiger partial charge in [0.15, 0.2) is 0 Å². The molecule has 0 radical (unpaired) electrons. The Kier molecular flexibility index (Phi) is 3.14. The first kappa shape index (κ1) is 11.4. The van der Waals surface area contributed by atoms with Gasteiger partial charge in [-0.2, -0.15) is 0 Å². The molecule has 2 rings (SSSR count). The Balaban J connectivity index is 2.35. The average molecular weight is 238 g/mol. The van der Waals surface area contributed by atoms with Gasteiger partial charge in [0.2, 0.25) is 0 Å². The van der Waals surface area contributed by atoms with Gasteiger partial charge in [0, 0.05) is 5.25 Å². The SMILES string of the molecule is Cc1nc(C)c(C(=O)O)c(SC2CCC2)n1. The van der Waals surface area contributed by atoms with Crippen LogP contribution in [-0.4, -0.2) is 26.3 Å². The second-order valence-corrected chi connectivity index (χ2v) is 5.30. The van der Waals surface area contributed by atoms with Gasteiger partial charge in [0.05, 0.1) is 5.69 Å². The number of hydrogen-bond acceptors (Lipinski definition) is 4. The van der Waals surface area contributed by atoms with Crippen molar-refractivity contribution in [2.24, 2.45) is 0 Å². The number of carboxylic acids is 1. The summed E-state index contributed by atoms with van der Waals surface area (Å²) in [5, 5.41) is 10.3. The Morgan fingerprint density at radius 2 is 2.06 bits per heavy atom. The zero-order valence-electron chi connectivity index (χ0n) is 9.36. The molecule has 1 aliphatic carbocycles. The van der Waals surface area contributed by atoms with Crippen LogP contribution in [0.15, 0.2) is 5.03 Å². The van der Waals surface area contributed by atoms with Gasteiger partial charge in [-0.15, -0.1) is 11.8 Å². The highest BCUT2D eigenvalue weighted by Gasteiger charge is 2.24. The number of aromatic carboxylic acids is 1. The third kappa shape index (κ3) is 2.19. The molecule has 1 heterocycles. The summed E-state index contributed by atoms with van der Waals surface area (Å²) in [6, 6.07) is 0. The summed E-state index contributed by atoms with van der Waals surface area (Å²) in [5.41, 5.74) is 0.823. The lowest BCUT2D eigenvalue weighted by molar-refractivity contribution is 0.0690. The first-order chi connectivity index (χ1) is 7.58. The van der Waals surface area contributed by atoms with Crippen LogP contribution in [0, 0.1) is 13.8 Å².